The Labute approximate surface area is 304 Å². The van der Waals surface area contributed by atoms with Gasteiger partial charge in [0, 0.05) is 39.8 Å². The summed E-state index contributed by atoms with van der Waals surface area (Å²) in [5, 5.41) is 24.9. The van der Waals surface area contributed by atoms with Gasteiger partial charge in [-0.2, -0.15) is 5.10 Å². The number of nitrogens with zero attached hydrogens (tertiary/aromatic N) is 1. The fourth-order valence-corrected chi connectivity index (χ4v) is 6.08. The minimum absolute atomic E-state index is 0.0750. The molecule has 1 fully saturated rings. The molecule has 0 spiro atoms. The van der Waals surface area contributed by atoms with Gasteiger partial charge in [-0.05, 0) is 98.9 Å². The molecule has 1 amide bonds. The number of ether oxygens (including phenoxy) is 1. The molecule has 7 rings (SSSR count). The van der Waals surface area contributed by atoms with Crippen LogP contribution < -0.4 is 21.1 Å². The highest BCUT2D eigenvalue weighted by Gasteiger charge is 2.51. The summed E-state index contributed by atoms with van der Waals surface area (Å²) >= 11 is 0. The predicted molar refractivity (Wildman–Crippen MR) is 201 cm³/mol. The van der Waals surface area contributed by atoms with E-state index in [1.54, 1.807) is 24.3 Å². The SMILES string of the molecule is CC1(C)OB(c2ccc(COc3ccccc3/C=N/NC(=O)c3ccc(C(=O)O)c(-c4c5ccc(=O)cc-5oc5cc(O)ccc45)c3)cc2)OC1(C)C. The molecule has 0 saturated carbocycles. The number of hydrazone groups is 1. The summed E-state index contributed by atoms with van der Waals surface area (Å²) in [6, 6.07) is 27.9. The van der Waals surface area contributed by atoms with Crippen LogP contribution in [-0.2, 0) is 15.9 Å². The van der Waals surface area contributed by atoms with Crippen LogP contribution >= 0.6 is 0 Å². The van der Waals surface area contributed by atoms with Gasteiger partial charge in [0.05, 0.1) is 23.0 Å². The smallest absolute Gasteiger partial charge is 0.494 e. The Morgan fingerprint density at radius 1 is 0.868 bits per heavy atom. The van der Waals surface area contributed by atoms with Crippen molar-refractivity contribution in [3.05, 3.63) is 136 Å². The van der Waals surface area contributed by atoms with Crippen molar-refractivity contribution < 1.29 is 38.3 Å². The van der Waals surface area contributed by atoms with E-state index in [1.807, 2.05) is 64.1 Å². The fraction of sp³-hybridized carbons (Fsp3) is 0.171. The topological polar surface area (TPSA) is 157 Å². The molecule has 53 heavy (non-hydrogen) atoms. The molecule has 3 N–H and O–H groups in total. The molecule has 266 valence electrons. The quantitative estimate of drug-likeness (QED) is 0.0650. The predicted octanol–water partition coefficient (Wildman–Crippen LogP) is 6.61. The molecule has 3 aliphatic rings. The molecule has 2 aliphatic heterocycles. The lowest BCUT2D eigenvalue weighted by Gasteiger charge is -2.32. The van der Waals surface area contributed by atoms with Crippen molar-refractivity contribution in [3.8, 4) is 33.9 Å². The van der Waals surface area contributed by atoms with E-state index in [0.29, 0.717) is 27.8 Å². The van der Waals surface area contributed by atoms with E-state index in [-0.39, 0.29) is 45.8 Å². The van der Waals surface area contributed by atoms with Gasteiger partial charge in [-0.3, -0.25) is 9.59 Å². The van der Waals surface area contributed by atoms with Crippen LogP contribution in [0.15, 0.2) is 117 Å². The maximum atomic E-state index is 13.4. The summed E-state index contributed by atoms with van der Waals surface area (Å²) < 4.78 is 24.3. The molecule has 0 radical (unpaired) electrons. The van der Waals surface area contributed by atoms with E-state index in [0.717, 1.165) is 11.0 Å². The fourth-order valence-electron chi connectivity index (χ4n) is 6.08. The first-order valence-corrected chi connectivity index (χ1v) is 16.9. The number of benzene rings is 5. The van der Waals surface area contributed by atoms with E-state index in [9.17, 15) is 24.6 Å². The summed E-state index contributed by atoms with van der Waals surface area (Å²) in [6.45, 7) is 8.35. The van der Waals surface area contributed by atoms with Crippen LogP contribution in [0.1, 0.15) is 59.5 Å². The minimum atomic E-state index is -1.22. The number of rotatable bonds is 9. The van der Waals surface area contributed by atoms with Crippen molar-refractivity contribution in [1.29, 1.82) is 0 Å². The minimum Gasteiger partial charge on any atom is -0.508 e. The monoisotopic (exact) mass is 710 g/mol. The Bertz CT molecular complexity index is 2420. The highest BCUT2D eigenvalue weighted by atomic mass is 16.7. The van der Waals surface area contributed by atoms with Gasteiger partial charge in [-0.15, -0.1) is 0 Å². The van der Waals surface area contributed by atoms with E-state index in [1.165, 1.54) is 48.7 Å². The third-order valence-corrected chi connectivity index (χ3v) is 9.65. The van der Waals surface area contributed by atoms with E-state index < -0.39 is 30.2 Å². The lowest BCUT2D eigenvalue weighted by molar-refractivity contribution is 0.00578. The Balaban J connectivity index is 1.09. The van der Waals surface area contributed by atoms with Gasteiger partial charge in [0.2, 0.25) is 0 Å². The van der Waals surface area contributed by atoms with Crippen molar-refractivity contribution >= 4 is 41.6 Å². The second-order valence-corrected chi connectivity index (χ2v) is 13.7. The van der Waals surface area contributed by atoms with Gasteiger partial charge in [0.1, 0.15) is 29.4 Å². The maximum absolute atomic E-state index is 13.4. The van der Waals surface area contributed by atoms with E-state index >= 15 is 0 Å². The number of carbonyl (C=O) groups excluding carboxylic acids is 1. The van der Waals surface area contributed by atoms with Crippen LogP contribution in [0.3, 0.4) is 0 Å². The number of aromatic carboxylic acids is 1. The van der Waals surface area contributed by atoms with Gasteiger partial charge >= 0.3 is 13.1 Å². The normalized spacial score (nSPS) is 14.9. The first-order valence-electron chi connectivity index (χ1n) is 16.9. The van der Waals surface area contributed by atoms with Gasteiger partial charge in [-0.1, -0.05) is 36.4 Å². The number of hydrogen-bond acceptors (Lipinski definition) is 9. The Morgan fingerprint density at radius 3 is 2.34 bits per heavy atom. The van der Waals surface area contributed by atoms with Crippen LogP contribution in [0, 0.1) is 0 Å². The lowest BCUT2D eigenvalue weighted by Crippen LogP contribution is -2.41. The van der Waals surface area contributed by atoms with Crippen molar-refractivity contribution in [2.24, 2.45) is 5.10 Å². The first kappa shape index (κ1) is 35.2. The zero-order chi connectivity index (χ0) is 37.5. The van der Waals surface area contributed by atoms with Crippen LogP contribution in [0.2, 0.25) is 0 Å². The van der Waals surface area contributed by atoms with Crippen molar-refractivity contribution in [1.82, 2.24) is 5.43 Å². The van der Waals surface area contributed by atoms with Crippen molar-refractivity contribution in [2.45, 2.75) is 45.5 Å². The summed E-state index contributed by atoms with van der Waals surface area (Å²) in [4.78, 5) is 38.0. The van der Waals surface area contributed by atoms with Crippen LogP contribution in [0.5, 0.6) is 11.5 Å². The van der Waals surface area contributed by atoms with E-state index in [4.69, 9.17) is 18.5 Å². The number of phenolic OH excluding ortho intramolecular Hbond substituents is 1. The summed E-state index contributed by atoms with van der Waals surface area (Å²) in [7, 11) is -0.457. The molecule has 4 aromatic carbocycles. The third kappa shape index (κ3) is 7.02. The molecule has 12 heteroatoms. The zero-order valence-electron chi connectivity index (χ0n) is 29.4. The molecule has 0 unspecified atom stereocenters. The molecule has 1 aliphatic carbocycles. The maximum Gasteiger partial charge on any atom is 0.494 e. The number of aromatic hydroxyl groups is 1. The van der Waals surface area contributed by atoms with Crippen LogP contribution in [0.4, 0.5) is 0 Å². The first-order chi connectivity index (χ1) is 25.3. The Kier molecular flexibility index (Phi) is 9.11. The molecular formula is C41H35BN2O9. The highest BCUT2D eigenvalue weighted by molar-refractivity contribution is 6.62. The molecule has 1 saturated heterocycles. The number of nitrogens with one attached hydrogen (secondary N) is 1. The third-order valence-electron chi connectivity index (χ3n) is 9.65. The average molecular weight is 711 g/mol. The second kappa shape index (κ2) is 13.7. The van der Waals surface area contributed by atoms with Crippen molar-refractivity contribution in [3.63, 3.8) is 0 Å². The second-order valence-electron chi connectivity index (χ2n) is 13.7. The van der Waals surface area contributed by atoms with Gasteiger partial charge in [-0.25, -0.2) is 10.2 Å². The van der Waals surface area contributed by atoms with Gasteiger partial charge in [0.25, 0.3) is 5.91 Å². The zero-order valence-corrected chi connectivity index (χ0v) is 29.4. The molecule has 0 atom stereocenters. The van der Waals surface area contributed by atoms with Crippen molar-refractivity contribution in [2.75, 3.05) is 0 Å². The lowest BCUT2D eigenvalue weighted by atomic mass is 9.79. The van der Waals surface area contributed by atoms with Gasteiger partial charge in [0.15, 0.2) is 5.43 Å². The summed E-state index contributed by atoms with van der Waals surface area (Å²) in [5.41, 5.74) is 5.20. The van der Waals surface area contributed by atoms with Gasteiger partial charge < -0.3 is 28.7 Å². The molecule has 0 bridgehead atoms. The van der Waals surface area contributed by atoms with Crippen LogP contribution in [0.25, 0.3) is 33.4 Å². The largest absolute Gasteiger partial charge is 0.508 e. The highest BCUT2D eigenvalue weighted by Crippen LogP contribution is 2.42. The van der Waals surface area contributed by atoms with E-state index in [2.05, 4.69) is 10.5 Å². The molecule has 0 aromatic heterocycles. The molecule has 11 nitrogen and oxygen atoms in total. The molecule has 2 heterocycles. The number of carbonyl (C=O) groups is 2. The molecular weight excluding hydrogens is 675 g/mol. The number of hydrogen-bond donors (Lipinski definition) is 3. The number of para-hydroxylation sites is 1. The Morgan fingerprint density at radius 2 is 1.60 bits per heavy atom. The Hall–Kier alpha value is -6.24. The molecule has 4 aromatic rings. The standard InChI is InChI=1S/C41H35BN2O9/c1-40(2)41(3,4)53-42(52-40)27-12-9-24(10-13-27)23-50-34-8-6-5-7-26(34)22-43-44-38(47)25-11-16-30(39(48)49)33(19-25)37-31-17-14-28(45)20-35(31)51-36-21-29(46)15-18-32(36)37/h5-22,45H,23H2,1-4H3,(H,44,47)(H,48,49)/b43-22+. The van der Waals surface area contributed by atoms with Crippen LogP contribution in [-0.4, -0.2) is 46.6 Å². The average Bonchev–Trinajstić information content (AvgIpc) is 3.35. The number of carboxylic acids is 1. The summed E-state index contributed by atoms with van der Waals surface area (Å²) in [5.74, 6) is -1.14. The number of carboxylic acid groups (broad SMARTS) is 1. The summed E-state index contributed by atoms with van der Waals surface area (Å²) in [6.07, 6.45) is 1.47. The number of fused-ring (bicyclic) bond motifs is 2. The number of amides is 1. The number of phenols is 1.